The first-order valence-electron chi connectivity index (χ1n) is 13.7. The Labute approximate surface area is 229 Å². The molecular formula is C33H34N6. The quantitative estimate of drug-likeness (QED) is 0.165. The van der Waals surface area contributed by atoms with E-state index in [2.05, 4.69) is 77.2 Å². The molecule has 1 saturated heterocycles. The van der Waals surface area contributed by atoms with Gasteiger partial charge in [-0.3, -0.25) is 15.3 Å². The van der Waals surface area contributed by atoms with Crippen LogP contribution in [0.2, 0.25) is 0 Å². The van der Waals surface area contributed by atoms with E-state index in [4.69, 9.17) is 16.1 Å². The third-order valence-electron chi connectivity index (χ3n) is 7.72. The van der Waals surface area contributed by atoms with E-state index in [0.29, 0.717) is 17.1 Å². The number of nitrogens with two attached hydrogens (primary N) is 1. The van der Waals surface area contributed by atoms with Gasteiger partial charge in [0.2, 0.25) is 0 Å². The van der Waals surface area contributed by atoms with Crippen LogP contribution in [0.3, 0.4) is 0 Å². The fourth-order valence-electron chi connectivity index (χ4n) is 5.50. The summed E-state index contributed by atoms with van der Waals surface area (Å²) >= 11 is 0. The molecule has 3 heterocycles. The van der Waals surface area contributed by atoms with E-state index in [0.717, 1.165) is 46.3 Å². The third-order valence-corrected chi connectivity index (χ3v) is 7.72. The molecule has 0 aliphatic carbocycles. The molecule has 4 N–H and O–H groups in total. The molecule has 5 aromatic rings. The van der Waals surface area contributed by atoms with Gasteiger partial charge in [0, 0.05) is 29.6 Å². The number of likely N-dealkylation sites (tertiary alicyclic amines) is 1. The SMILES string of the molecule is CCc1cc(CN2CCCC2)cc(-c2ccc(N)c(C(=N)c3nc4c(-c5ccc(C)cc5)cncc4[nH]3)c2)c1. The monoisotopic (exact) mass is 514 g/mol. The fourth-order valence-corrected chi connectivity index (χ4v) is 5.50. The second kappa shape index (κ2) is 10.5. The Kier molecular flexibility index (Phi) is 6.71. The van der Waals surface area contributed by atoms with Crippen molar-refractivity contribution in [2.24, 2.45) is 0 Å². The van der Waals surface area contributed by atoms with Crippen LogP contribution >= 0.6 is 0 Å². The number of aromatic nitrogens is 3. The lowest BCUT2D eigenvalue weighted by Gasteiger charge is -2.17. The van der Waals surface area contributed by atoms with Crippen molar-refractivity contribution in [3.05, 3.63) is 101 Å². The Morgan fingerprint density at radius 1 is 0.923 bits per heavy atom. The maximum Gasteiger partial charge on any atom is 0.157 e. The number of pyridine rings is 1. The molecule has 6 rings (SSSR count). The molecular weight excluding hydrogens is 480 g/mol. The lowest BCUT2D eigenvalue weighted by molar-refractivity contribution is 0.331. The Morgan fingerprint density at radius 2 is 1.67 bits per heavy atom. The molecule has 0 unspecified atom stereocenters. The van der Waals surface area contributed by atoms with E-state index in [1.165, 1.54) is 42.6 Å². The predicted molar refractivity (Wildman–Crippen MR) is 160 cm³/mol. The topological polar surface area (TPSA) is 94.7 Å². The van der Waals surface area contributed by atoms with Crippen LogP contribution in [0.4, 0.5) is 5.69 Å². The molecule has 39 heavy (non-hydrogen) atoms. The number of aromatic amines is 1. The van der Waals surface area contributed by atoms with E-state index in [1.807, 2.05) is 18.3 Å². The average Bonchev–Trinajstić information content (AvgIpc) is 3.63. The van der Waals surface area contributed by atoms with Gasteiger partial charge in [-0.25, -0.2) is 4.98 Å². The summed E-state index contributed by atoms with van der Waals surface area (Å²) in [6.45, 7) is 7.60. The van der Waals surface area contributed by atoms with Crippen LogP contribution in [-0.2, 0) is 13.0 Å². The standard InChI is InChI=1S/C33H34N6/c1-3-22-14-23(20-39-12-4-5-13-39)16-26(15-22)25-10-11-29(34)27(17-25)31(35)33-37-30-19-36-18-28(32(30)38-33)24-8-6-21(2)7-9-24/h6-11,14-19,35H,3-5,12-13,20,34H2,1-2H3,(H,37,38). The van der Waals surface area contributed by atoms with Crippen LogP contribution < -0.4 is 5.73 Å². The van der Waals surface area contributed by atoms with Gasteiger partial charge in [0.1, 0.15) is 5.71 Å². The van der Waals surface area contributed by atoms with Crippen molar-refractivity contribution in [1.29, 1.82) is 5.41 Å². The molecule has 196 valence electrons. The highest BCUT2D eigenvalue weighted by atomic mass is 15.1. The van der Waals surface area contributed by atoms with Gasteiger partial charge in [-0.05, 0) is 85.3 Å². The molecule has 3 aromatic carbocycles. The number of aryl methyl sites for hydroxylation is 2. The number of nitrogen functional groups attached to an aromatic ring is 1. The summed E-state index contributed by atoms with van der Waals surface area (Å²) in [6.07, 6.45) is 7.14. The number of rotatable bonds is 7. The minimum Gasteiger partial charge on any atom is -0.398 e. The van der Waals surface area contributed by atoms with Crippen molar-refractivity contribution in [3.63, 3.8) is 0 Å². The number of nitrogens with one attached hydrogen (secondary N) is 2. The second-order valence-corrected chi connectivity index (χ2v) is 10.6. The molecule has 2 aromatic heterocycles. The highest BCUT2D eigenvalue weighted by Gasteiger charge is 2.18. The lowest BCUT2D eigenvalue weighted by atomic mass is 9.95. The minimum absolute atomic E-state index is 0.268. The van der Waals surface area contributed by atoms with Crippen LogP contribution in [-0.4, -0.2) is 38.7 Å². The van der Waals surface area contributed by atoms with Crippen molar-refractivity contribution in [1.82, 2.24) is 19.9 Å². The Bertz CT molecular complexity index is 1660. The summed E-state index contributed by atoms with van der Waals surface area (Å²) in [4.78, 5) is 15.1. The van der Waals surface area contributed by atoms with Crippen molar-refractivity contribution < 1.29 is 0 Å². The zero-order valence-corrected chi connectivity index (χ0v) is 22.6. The molecule has 0 amide bonds. The van der Waals surface area contributed by atoms with Crippen LogP contribution in [0.25, 0.3) is 33.3 Å². The maximum absolute atomic E-state index is 9.08. The highest BCUT2D eigenvalue weighted by molar-refractivity contribution is 6.13. The zero-order chi connectivity index (χ0) is 26.9. The zero-order valence-electron chi connectivity index (χ0n) is 22.6. The first-order valence-corrected chi connectivity index (χ1v) is 13.7. The summed E-state index contributed by atoms with van der Waals surface area (Å²) in [5.41, 5.74) is 17.6. The summed E-state index contributed by atoms with van der Waals surface area (Å²) in [6, 6.07) is 21.2. The number of hydrogen-bond acceptors (Lipinski definition) is 5. The minimum atomic E-state index is 0.268. The van der Waals surface area contributed by atoms with Crippen molar-refractivity contribution in [2.45, 2.75) is 39.7 Å². The number of H-pyrrole nitrogens is 1. The van der Waals surface area contributed by atoms with Crippen LogP contribution in [0.1, 0.15) is 47.8 Å². The Morgan fingerprint density at radius 3 is 2.44 bits per heavy atom. The van der Waals surface area contributed by atoms with Gasteiger partial charge in [-0.15, -0.1) is 0 Å². The largest absolute Gasteiger partial charge is 0.398 e. The first-order chi connectivity index (χ1) is 19.0. The molecule has 1 aliphatic heterocycles. The molecule has 6 heteroatoms. The van der Waals surface area contributed by atoms with E-state index >= 15 is 0 Å². The van der Waals surface area contributed by atoms with Crippen molar-refractivity contribution >= 4 is 22.4 Å². The fraction of sp³-hybridized carbons (Fsp3) is 0.242. The second-order valence-electron chi connectivity index (χ2n) is 10.6. The number of anilines is 1. The molecule has 0 radical (unpaired) electrons. The highest BCUT2D eigenvalue weighted by Crippen LogP contribution is 2.30. The number of fused-ring (bicyclic) bond motifs is 1. The molecule has 0 atom stereocenters. The van der Waals surface area contributed by atoms with E-state index in [9.17, 15) is 0 Å². The molecule has 6 nitrogen and oxygen atoms in total. The Hall–Kier alpha value is -4.29. The van der Waals surface area contributed by atoms with Crippen LogP contribution in [0.15, 0.2) is 73.1 Å². The predicted octanol–water partition coefficient (Wildman–Crippen LogP) is 6.76. The van der Waals surface area contributed by atoms with Gasteiger partial charge < -0.3 is 10.7 Å². The normalized spacial score (nSPS) is 13.8. The number of hydrogen-bond donors (Lipinski definition) is 3. The van der Waals surface area contributed by atoms with Crippen LogP contribution in [0, 0.1) is 12.3 Å². The third kappa shape index (κ3) is 5.08. The molecule has 0 bridgehead atoms. The van der Waals surface area contributed by atoms with Crippen LogP contribution in [0.5, 0.6) is 0 Å². The molecule has 0 spiro atoms. The lowest BCUT2D eigenvalue weighted by Crippen LogP contribution is -2.18. The number of imidazole rings is 1. The van der Waals surface area contributed by atoms with E-state index in [1.54, 1.807) is 6.20 Å². The van der Waals surface area contributed by atoms with Crippen molar-refractivity contribution in [2.75, 3.05) is 18.8 Å². The average molecular weight is 515 g/mol. The van der Waals surface area contributed by atoms with Gasteiger partial charge in [-0.2, -0.15) is 0 Å². The van der Waals surface area contributed by atoms with E-state index < -0.39 is 0 Å². The number of nitrogens with zero attached hydrogens (tertiary/aromatic N) is 3. The first kappa shape index (κ1) is 25.0. The van der Waals surface area contributed by atoms with Crippen molar-refractivity contribution in [3.8, 4) is 22.3 Å². The maximum atomic E-state index is 9.08. The van der Waals surface area contributed by atoms with E-state index in [-0.39, 0.29) is 5.71 Å². The number of benzene rings is 3. The van der Waals surface area contributed by atoms with Gasteiger partial charge in [0.15, 0.2) is 5.82 Å². The summed E-state index contributed by atoms with van der Waals surface area (Å²) in [7, 11) is 0. The van der Waals surface area contributed by atoms with Gasteiger partial charge >= 0.3 is 0 Å². The Balaban J connectivity index is 1.36. The summed E-state index contributed by atoms with van der Waals surface area (Å²) in [5, 5.41) is 9.08. The van der Waals surface area contributed by atoms with Gasteiger partial charge in [-0.1, -0.05) is 55.0 Å². The molecule has 1 fully saturated rings. The molecule has 1 aliphatic rings. The van der Waals surface area contributed by atoms with Gasteiger partial charge in [0.25, 0.3) is 0 Å². The molecule has 0 saturated carbocycles. The summed E-state index contributed by atoms with van der Waals surface area (Å²) < 4.78 is 0. The van der Waals surface area contributed by atoms with Gasteiger partial charge in [0.05, 0.1) is 17.2 Å². The summed E-state index contributed by atoms with van der Waals surface area (Å²) in [5.74, 6) is 0.479. The smallest absolute Gasteiger partial charge is 0.157 e.